The third-order valence-corrected chi connectivity index (χ3v) is 3.39. The maximum atomic E-state index is 12.0. The number of pyridine rings is 1. The van der Waals surface area contributed by atoms with E-state index in [1.165, 1.54) is 0 Å². The van der Waals surface area contributed by atoms with Crippen molar-refractivity contribution in [2.75, 3.05) is 11.9 Å². The van der Waals surface area contributed by atoms with E-state index in [4.69, 9.17) is 9.15 Å². The van der Waals surface area contributed by atoms with Gasteiger partial charge in [0.2, 0.25) is 17.7 Å². The molecule has 7 nitrogen and oxygen atoms in total. The topological polar surface area (TPSA) is 90.1 Å². The minimum Gasteiger partial charge on any atom is -0.494 e. The van der Waals surface area contributed by atoms with Crippen molar-refractivity contribution in [3.63, 3.8) is 0 Å². The van der Waals surface area contributed by atoms with E-state index < -0.39 is 0 Å². The van der Waals surface area contributed by atoms with Crippen LogP contribution in [0.25, 0.3) is 11.5 Å². The number of amides is 1. The standard InChI is InChI=1S/C18H18N4O3/c1-2-24-15-7-5-14(6-8-15)20-16(23)9-10-17-21-22-18(25-17)13-4-3-11-19-12-13/h3-8,11-12H,2,9-10H2,1H3,(H,20,23). The average molecular weight is 338 g/mol. The second-order valence-electron chi connectivity index (χ2n) is 5.25. The van der Waals surface area contributed by atoms with E-state index in [1.807, 2.05) is 25.1 Å². The van der Waals surface area contributed by atoms with Crippen molar-refractivity contribution in [1.82, 2.24) is 15.2 Å². The summed E-state index contributed by atoms with van der Waals surface area (Å²) >= 11 is 0. The highest BCUT2D eigenvalue weighted by molar-refractivity contribution is 5.90. The van der Waals surface area contributed by atoms with E-state index in [0.717, 1.165) is 17.0 Å². The molecule has 0 saturated carbocycles. The van der Waals surface area contributed by atoms with Gasteiger partial charge in [0.15, 0.2) is 0 Å². The smallest absolute Gasteiger partial charge is 0.249 e. The maximum absolute atomic E-state index is 12.0. The molecule has 0 saturated heterocycles. The van der Waals surface area contributed by atoms with Gasteiger partial charge in [-0.15, -0.1) is 10.2 Å². The zero-order valence-corrected chi connectivity index (χ0v) is 13.8. The number of aryl methyl sites for hydroxylation is 1. The first-order valence-corrected chi connectivity index (χ1v) is 8.00. The summed E-state index contributed by atoms with van der Waals surface area (Å²) in [6.45, 7) is 2.53. The van der Waals surface area contributed by atoms with Crippen LogP contribution in [0.1, 0.15) is 19.2 Å². The molecule has 3 rings (SSSR count). The second-order valence-corrected chi connectivity index (χ2v) is 5.25. The molecule has 0 aliphatic rings. The van der Waals surface area contributed by atoms with Crippen LogP contribution < -0.4 is 10.1 Å². The highest BCUT2D eigenvalue weighted by Gasteiger charge is 2.11. The van der Waals surface area contributed by atoms with E-state index >= 15 is 0 Å². The summed E-state index contributed by atoms with van der Waals surface area (Å²) in [5.41, 5.74) is 1.47. The minimum atomic E-state index is -0.120. The number of hydrogen-bond donors (Lipinski definition) is 1. The molecule has 0 fully saturated rings. The Morgan fingerprint density at radius 2 is 2.04 bits per heavy atom. The Morgan fingerprint density at radius 3 is 2.76 bits per heavy atom. The molecule has 128 valence electrons. The normalized spacial score (nSPS) is 10.4. The van der Waals surface area contributed by atoms with E-state index in [2.05, 4.69) is 20.5 Å². The Bertz CT molecular complexity index is 816. The number of ether oxygens (including phenoxy) is 1. The third kappa shape index (κ3) is 4.63. The molecule has 25 heavy (non-hydrogen) atoms. The number of nitrogens with zero attached hydrogens (tertiary/aromatic N) is 3. The van der Waals surface area contributed by atoms with Crippen LogP contribution in [0.3, 0.4) is 0 Å². The number of nitrogens with one attached hydrogen (secondary N) is 1. The zero-order chi connectivity index (χ0) is 17.5. The number of rotatable bonds is 7. The van der Waals surface area contributed by atoms with Crippen LogP contribution in [0.4, 0.5) is 5.69 Å². The fourth-order valence-corrected chi connectivity index (χ4v) is 2.21. The van der Waals surface area contributed by atoms with Gasteiger partial charge in [-0.25, -0.2) is 0 Å². The van der Waals surface area contributed by atoms with Crippen molar-refractivity contribution in [1.29, 1.82) is 0 Å². The fraction of sp³-hybridized carbons (Fsp3) is 0.222. The molecule has 3 aromatic rings. The van der Waals surface area contributed by atoms with Crippen molar-refractivity contribution in [2.45, 2.75) is 19.8 Å². The molecule has 0 spiro atoms. The van der Waals surface area contributed by atoms with Gasteiger partial charge in [-0.2, -0.15) is 0 Å². The molecule has 0 aliphatic carbocycles. The van der Waals surface area contributed by atoms with Crippen molar-refractivity contribution < 1.29 is 13.9 Å². The van der Waals surface area contributed by atoms with Crippen LogP contribution >= 0.6 is 0 Å². The third-order valence-electron chi connectivity index (χ3n) is 3.39. The van der Waals surface area contributed by atoms with Gasteiger partial charge < -0.3 is 14.5 Å². The Balaban J connectivity index is 1.51. The van der Waals surface area contributed by atoms with Crippen molar-refractivity contribution in [2.24, 2.45) is 0 Å². The van der Waals surface area contributed by atoms with Crippen LogP contribution in [0.2, 0.25) is 0 Å². The molecule has 0 atom stereocenters. The molecule has 1 amide bonds. The van der Waals surface area contributed by atoms with Gasteiger partial charge in [-0.05, 0) is 43.3 Å². The van der Waals surface area contributed by atoms with Gasteiger partial charge in [0.05, 0.1) is 12.2 Å². The molecule has 7 heteroatoms. The van der Waals surface area contributed by atoms with E-state index in [-0.39, 0.29) is 12.3 Å². The molecule has 2 heterocycles. The predicted molar refractivity (Wildman–Crippen MR) is 92.1 cm³/mol. The first kappa shape index (κ1) is 16.6. The van der Waals surface area contributed by atoms with Crippen molar-refractivity contribution in [3.05, 3.63) is 54.7 Å². The van der Waals surface area contributed by atoms with Gasteiger partial charge >= 0.3 is 0 Å². The Kier molecular flexibility index (Phi) is 5.36. The Hall–Kier alpha value is -3.22. The quantitative estimate of drug-likeness (QED) is 0.712. The second kappa shape index (κ2) is 8.05. The lowest BCUT2D eigenvalue weighted by Crippen LogP contribution is -2.12. The van der Waals surface area contributed by atoms with Crippen molar-refractivity contribution in [3.8, 4) is 17.2 Å². The largest absolute Gasteiger partial charge is 0.494 e. The molecule has 0 unspecified atom stereocenters. The molecule has 0 bridgehead atoms. The minimum absolute atomic E-state index is 0.120. The van der Waals surface area contributed by atoms with E-state index in [1.54, 1.807) is 30.6 Å². The van der Waals surface area contributed by atoms with Gasteiger partial charge in [0.25, 0.3) is 0 Å². The molecule has 0 radical (unpaired) electrons. The monoisotopic (exact) mass is 338 g/mol. The average Bonchev–Trinajstić information content (AvgIpc) is 3.12. The lowest BCUT2D eigenvalue weighted by molar-refractivity contribution is -0.116. The van der Waals surface area contributed by atoms with Crippen LogP contribution in [-0.2, 0) is 11.2 Å². The van der Waals surface area contributed by atoms with Gasteiger partial charge in [0, 0.05) is 30.9 Å². The summed E-state index contributed by atoms with van der Waals surface area (Å²) in [4.78, 5) is 16.0. The van der Waals surface area contributed by atoms with E-state index in [0.29, 0.717) is 24.8 Å². The molecule has 1 aromatic carbocycles. The van der Waals surface area contributed by atoms with Gasteiger partial charge in [-0.3, -0.25) is 9.78 Å². The first-order valence-electron chi connectivity index (χ1n) is 8.00. The summed E-state index contributed by atoms with van der Waals surface area (Å²) in [5, 5.41) is 10.8. The molecular weight excluding hydrogens is 320 g/mol. The van der Waals surface area contributed by atoms with Gasteiger partial charge in [-0.1, -0.05) is 0 Å². The van der Waals surface area contributed by atoms with Crippen LogP contribution in [0, 0.1) is 0 Å². The summed E-state index contributed by atoms with van der Waals surface area (Å²) in [6, 6.07) is 10.9. The van der Waals surface area contributed by atoms with E-state index in [9.17, 15) is 4.79 Å². The van der Waals surface area contributed by atoms with Crippen LogP contribution in [-0.4, -0.2) is 27.7 Å². The molecule has 1 N–H and O–H groups in total. The lowest BCUT2D eigenvalue weighted by Gasteiger charge is -2.06. The summed E-state index contributed by atoms with van der Waals surface area (Å²) in [7, 11) is 0. The summed E-state index contributed by atoms with van der Waals surface area (Å²) in [5.74, 6) is 1.47. The summed E-state index contributed by atoms with van der Waals surface area (Å²) < 4.78 is 10.9. The van der Waals surface area contributed by atoms with Crippen LogP contribution in [0.15, 0.2) is 53.2 Å². The van der Waals surface area contributed by atoms with Gasteiger partial charge in [0.1, 0.15) is 5.75 Å². The molecule has 2 aromatic heterocycles. The fourth-order valence-electron chi connectivity index (χ4n) is 2.21. The number of carbonyl (C=O) groups is 1. The first-order chi connectivity index (χ1) is 12.2. The number of carbonyl (C=O) groups excluding carboxylic acids is 1. The number of anilines is 1. The molecule has 0 aliphatic heterocycles. The predicted octanol–water partition coefficient (Wildman–Crippen LogP) is 3.10. The maximum Gasteiger partial charge on any atom is 0.249 e. The highest BCUT2D eigenvalue weighted by atomic mass is 16.5. The SMILES string of the molecule is CCOc1ccc(NC(=O)CCc2nnc(-c3cccnc3)o2)cc1. The number of hydrogen-bond acceptors (Lipinski definition) is 6. The number of benzene rings is 1. The Labute approximate surface area is 145 Å². The molecular formula is C18H18N4O3. The summed E-state index contributed by atoms with van der Waals surface area (Å²) in [6.07, 6.45) is 3.94. The lowest BCUT2D eigenvalue weighted by atomic mass is 10.2. The van der Waals surface area contributed by atoms with Crippen LogP contribution in [0.5, 0.6) is 5.75 Å². The Morgan fingerprint density at radius 1 is 1.20 bits per heavy atom. The highest BCUT2D eigenvalue weighted by Crippen LogP contribution is 2.18. The zero-order valence-electron chi connectivity index (χ0n) is 13.8. The van der Waals surface area contributed by atoms with Crippen molar-refractivity contribution >= 4 is 11.6 Å². The number of aromatic nitrogens is 3.